The number of rotatable bonds is 8. The summed E-state index contributed by atoms with van der Waals surface area (Å²) in [4.78, 5) is 18.0. The van der Waals surface area contributed by atoms with E-state index in [1.54, 1.807) is 12.0 Å². The number of para-hydroxylation sites is 1. The largest absolute Gasteiger partial charge is 0.493 e. The van der Waals surface area contributed by atoms with Gasteiger partial charge in [-0.25, -0.2) is 0 Å². The number of likely N-dealkylation sites (tertiary alicyclic amines) is 1. The second-order valence-electron chi connectivity index (χ2n) is 9.70. The Morgan fingerprint density at radius 3 is 2.45 bits per heavy atom. The third-order valence-electron chi connectivity index (χ3n) is 7.31. The number of anilines is 2. The fourth-order valence-corrected chi connectivity index (χ4v) is 6.14. The molecule has 198 valence electrons. The van der Waals surface area contributed by atoms with E-state index in [-0.39, 0.29) is 5.91 Å². The van der Waals surface area contributed by atoms with E-state index in [1.807, 2.05) is 66.7 Å². The lowest BCUT2D eigenvalue weighted by atomic mass is 10.0. The van der Waals surface area contributed by atoms with Crippen LogP contribution in [0.1, 0.15) is 43.7 Å². The van der Waals surface area contributed by atoms with Crippen LogP contribution in [-0.2, 0) is 4.79 Å². The highest BCUT2D eigenvalue weighted by Crippen LogP contribution is 2.44. The molecule has 0 aliphatic carbocycles. The number of benzene rings is 3. The molecule has 0 aromatic heterocycles. The summed E-state index contributed by atoms with van der Waals surface area (Å²) < 4.78 is 13.9. The molecule has 1 atom stereocenters. The van der Waals surface area contributed by atoms with Crippen molar-refractivity contribution in [3.05, 3.63) is 80.7 Å². The van der Waals surface area contributed by atoms with Gasteiger partial charge in [0, 0.05) is 21.8 Å². The summed E-state index contributed by atoms with van der Waals surface area (Å²) in [6, 6.07) is 20.0. The van der Waals surface area contributed by atoms with Crippen LogP contribution in [0.4, 0.5) is 11.4 Å². The van der Waals surface area contributed by atoms with Crippen LogP contribution < -0.4 is 14.4 Å². The molecule has 0 N–H and O–H groups in total. The molecule has 2 aliphatic rings. The predicted octanol–water partition coefficient (Wildman–Crippen LogP) is 8.08. The zero-order chi connectivity index (χ0) is 26.6. The Balaban J connectivity index is 1.43. The normalized spacial score (nSPS) is 17.5. The fourth-order valence-electron chi connectivity index (χ4n) is 5.30. The van der Waals surface area contributed by atoms with Crippen molar-refractivity contribution in [3.63, 3.8) is 0 Å². The molecule has 5 rings (SSSR count). The molecule has 0 spiro atoms. The van der Waals surface area contributed by atoms with Crippen LogP contribution in [0.15, 0.2) is 69.6 Å². The van der Waals surface area contributed by atoms with Gasteiger partial charge >= 0.3 is 0 Å². The van der Waals surface area contributed by atoms with Gasteiger partial charge in [-0.05, 0) is 102 Å². The quantitative estimate of drug-likeness (QED) is 0.234. The van der Waals surface area contributed by atoms with Gasteiger partial charge in [-0.15, -0.1) is 0 Å². The van der Waals surface area contributed by atoms with E-state index < -0.39 is 0 Å². The molecule has 2 aliphatic heterocycles. The first-order chi connectivity index (χ1) is 18.5. The fraction of sp³-hybridized carbons (Fsp3) is 0.323. The Morgan fingerprint density at radius 1 is 1.00 bits per heavy atom. The lowest BCUT2D eigenvalue weighted by molar-refractivity contribution is -0.112. The maximum absolute atomic E-state index is 13.7. The second-order valence-corrected chi connectivity index (χ2v) is 11.5. The van der Waals surface area contributed by atoms with Gasteiger partial charge in [0.1, 0.15) is 6.61 Å². The molecule has 2 heterocycles. The van der Waals surface area contributed by atoms with Crippen molar-refractivity contribution in [2.75, 3.05) is 31.7 Å². The predicted molar refractivity (Wildman–Crippen MR) is 161 cm³/mol. The van der Waals surface area contributed by atoms with Gasteiger partial charge in [-0.3, -0.25) is 14.6 Å². The van der Waals surface area contributed by atoms with E-state index in [2.05, 4.69) is 43.7 Å². The highest BCUT2D eigenvalue weighted by atomic mass is 79.9. The van der Waals surface area contributed by atoms with Crippen molar-refractivity contribution in [2.24, 2.45) is 0 Å². The summed E-state index contributed by atoms with van der Waals surface area (Å²) in [7, 11) is 1.65. The average Bonchev–Trinajstić information content (AvgIpc) is 3.21. The van der Waals surface area contributed by atoms with Crippen molar-refractivity contribution in [1.29, 1.82) is 0 Å². The number of carbonyl (C=O) groups is 1. The second kappa shape index (κ2) is 12.1. The van der Waals surface area contributed by atoms with Crippen LogP contribution in [0.2, 0.25) is 0 Å². The molecule has 7 heteroatoms. The highest BCUT2D eigenvalue weighted by molar-refractivity contribution is 9.10. The molecular formula is C31H32Br2N2O3. The molecular weight excluding hydrogens is 608 g/mol. The van der Waals surface area contributed by atoms with E-state index in [0.717, 1.165) is 51.0 Å². The number of methoxy groups -OCH3 is 1. The van der Waals surface area contributed by atoms with Crippen LogP contribution in [-0.4, -0.2) is 43.7 Å². The van der Waals surface area contributed by atoms with Crippen molar-refractivity contribution in [2.45, 2.75) is 38.6 Å². The standard InChI is InChI=1S/C31H32Br2N2O3/c1-3-23(34-15-7-4-8-16-34)20-38-30-27(33)18-21(19-29(30)37-2)17-26-25-9-5-6-10-28(25)35(31(26)36)24-13-11-22(32)12-14-24/h5-6,9-14,17-19,23H,3-4,7-8,15-16,20H2,1-2H3. The first-order valence-electron chi connectivity index (χ1n) is 13.2. The van der Waals surface area contributed by atoms with Crippen LogP contribution in [0, 0.1) is 0 Å². The van der Waals surface area contributed by atoms with Crippen molar-refractivity contribution in [1.82, 2.24) is 4.90 Å². The summed E-state index contributed by atoms with van der Waals surface area (Å²) in [6.07, 6.45) is 6.81. The van der Waals surface area contributed by atoms with E-state index in [4.69, 9.17) is 9.47 Å². The molecule has 1 unspecified atom stereocenters. The van der Waals surface area contributed by atoms with Crippen molar-refractivity contribution in [3.8, 4) is 11.5 Å². The van der Waals surface area contributed by atoms with Gasteiger partial charge in [0.2, 0.25) is 0 Å². The molecule has 3 aromatic carbocycles. The summed E-state index contributed by atoms with van der Waals surface area (Å²) in [5, 5.41) is 0. The first kappa shape index (κ1) is 27.0. The van der Waals surface area contributed by atoms with Crippen molar-refractivity contribution >= 4 is 60.8 Å². The molecule has 0 bridgehead atoms. The Bertz CT molecular complexity index is 1330. The van der Waals surface area contributed by atoms with Gasteiger partial charge < -0.3 is 9.47 Å². The summed E-state index contributed by atoms with van der Waals surface area (Å²) in [6.45, 7) is 5.11. The number of ether oxygens (including phenoxy) is 2. The van der Waals surface area contributed by atoms with E-state index >= 15 is 0 Å². The molecule has 5 nitrogen and oxygen atoms in total. The third kappa shape index (κ3) is 5.56. The smallest absolute Gasteiger partial charge is 0.263 e. The zero-order valence-corrected chi connectivity index (χ0v) is 24.9. The topological polar surface area (TPSA) is 42.0 Å². The van der Waals surface area contributed by atoms with Gasteiger partial charge in [0.25, 0.3) is 5.91 Å². The van der Waals surface area contributed by atoms with E-state index in [0.29, 0.717) is 29.7 Å². The minimum absolute atomic E-state index is 0.0590. The van der Waals surface area contributed by atoms with Crippen LogP contribution in [0.25, 0.3) is 11.6 Å². The van der Waals surface area contributed by atoms with E-state index in [1.165, 1.54) is 19.3 Å². The SMILES string of the molecule is CCC(COc1c(Br)cc(C=C2C(=O)N(c3ccc(Br)cc3)c3ccccc32)cc1OC)N1CCCCC1. The van der Waals surface area contributed by atoms with Gasteiger partial charge in [-0.1, -0.05) is 47.5 Å². The zero-order valence-electron chi connectivity index (χ0n) is 21.8. The number of nitrogens with zero attached hydrogens (tertiary/aromatic N) is 2. The monoisotopic (exact) mass is 638 g/mol. The lowest BCUT2D eigenvalue weighted by Gasteiger charge is -2.34. The number of carbonyl (C=O) groups excluding carboxylic acids is 1. The molecule has 1 fully saturated rings. The first-order valence-corrected chi connectivity index (χ1v) is 14.7. The van der Waals surface area contributed by atoms with Crippen LogP contribution >= 0.6 is 31.9 Å². The number of amides is 1. The molecule has 0 saturated carbocycles. The Labute approximate surface area is 241 Å². The number of piperidine rings is 1. The summed E-state index contributed by atoms with van der Waals surface area (Å²) in [5.41, 5.74) is 4.11. The van der Waals surface area contributed by atoms with Gasteiger partial charge in [0.15, 0.2) is 11.5 Å². The molecule has 38 heavy (non-hydrogen) atoms. The molecule has 3 aromatic rings. The summed E-state index contributed by atoms with van der Waals surface area (Å²) >= 11 is 7.19. The molecule has 1 amide bonds. The maximum atomic E-state index is 13.7. The van der Waals surface area contributed by atoms with E-state index in [9.17, 15) is 4.79 Å². The molecule has 0 radical (unpaired) electrons. The van der Waals surface area contributed by atoms with Gasteiger partial charge in [-0.2, -0.15) is 0 Å². The van der Waals surface area contributed by atoms with Crippen LogP contribution in [0.5, 0.6) is 11.5 Å². The number of fused-ring (bicyclic) bond motifs is 1. The highest BCUT2D eigenvalue weighted by Gasteiger charge is 2.33. The average molecular weight is 640 g/mol. The van der Waals surface area contributed by atoms with Crippen molar-refractivity contribution < 1.29 is 14.3 Å². The Hall–Kier alpha value is -2.61. The van der Waals surface area contributed by atoms with Gasteiger partial charge in [0.05, 0.1) is 22.8 Å². The minimum atomic E-state index is -0.0590. The third-order valence-corrected chi connectivity index (χ3v) is 8.43. The number of hydrogen-bond acceptors (Lipinski definition) is 4. The number of halogens is 2. The number of hydrogen-bond donors (Lipinski definition) is 0. The Morgan fingerprint density at radius 2 is 1.74 bits per heavy atom. The Kier molecular flexibility index (Phi) is 8.56. The van der Waals surface area contributed by atoms with Crippen LogP contribution in [0.3, 0.4) is 0 Å². The summed E-state index contributed by atoms with van der Waals surface area (Å²) in [5.74, 6) is 1.28. The minimum Gasteiger partial charge on any atom is -0.493 e. The maximum Gasteiger partial charge on any atom is 0.263 e. The molecule has 1 saturated heterocycles. The lowest BCUT2D eigenvalue weighted by Crippen LogP contribution is -2.42.